The highest BCUT2D eigenvalue weighted by Gasteiger charge is 2.42. The third-order valence-electron chi connectivity index (χ3n) is 14.7. The molecule has 0 amide bonds. The number of unbranched alkanes of at least 4 members (excludes halogenated alkanes) is 1. The minimum Gasteiger partial charge on any atom is -0.310 e. The highest BCUT2D eigenvalue weighted by atomic mass is 32.2. The first kappa shape index (κ1) is 40.1. The van der Waals surface area contributed by atoms with Crippen molar-refractivity contribution in [2.75, 3.05) is 4.90 Å². The first-order valence-electron chi connectivity index (χ1n) is 24.4. The average molecular weight is 900 g/mol. The molecule has 0 spiro atoms. The highest BCUT2D eigenvalue weighted by molar-refractivity contribution is 8.00. The Morgan fingerprint density at radius 2 is 0.913 bits per heavy atom. The van der Waals surface area contributed by atoms with E-state index in [2.05, 4.69) is 245 Å². The number of benzene rings is 10. The second kappa shape index (κ2) is 16.1. The summed E-state index contributed by atoms with van der Waals surface area (Å²) in [5.41, 5.74) is 21.1. The lowest BCUT2D eigenvalue weighted by atomic mass is 9.34. The number of nitrogens with zero attached hydrogens (tertiary/aromatic N) is 3. The van der Waals surface area contributed by atoms with Gasteiger partial charge < -0.3 is 14.0 Å². The molecule has 326 valence electrons. The highest BCUT2D eigenvalue weighted by Crippen LogP contribution is 2.50. The summed E-state index contributed by atoms with van der Waals surface area (Å²) in [6, 6.07) is 84.0. The number of hydrogen-bond donors (Lipinski definition) is 0. The van der Waals surface area contributed by atoms with Crippen LogP contribution in [-0.4, -0.2) is 15.8 Å². The summed E-state index contributed by atoms with van der Waals surface area (Å²) in [6.45, 7) is 2.32. The van der Waals surface area contributed by atoms with Crippen LogP contribution in [0.2, 0.25) is 0 Å². The van der Waals surface area contributed by atoms with Crippen LogP contribution in [0.1, 0.15) is 25.3 Å². The lowest BCUT2D eigenvalue weighted by Crippen LogP contribution is -2.60. The summed E-state index contributed by atoms with van der Waals surface area (Å²) >= 11 is 1.95. The number of anilines is 3. The van der Waals surface area contributed by atoms with Gasteiger partial charge in [-0.05, 0) is 101 Å². The van der Waals surface area contributed by atoms with E-state index in [-0.39, 0.29) is 6.71 Å². The van der Waals surface area contributed by atoms with Crippen molar-refractivity contribution in [3.05, 3.63) is 230 Å². The van der Waals surface area contributed by atoms with Crippen LogP contribution in [0, 0.1) is 0 Å². The molecule has 0 bridgehead atoms. The van der Waals surface area contributed by atoms with Crippen LogP contribution in [0.3, 0.4) is 0 Å². The van der Waals surface area contributed by atoms with E-state index in [9.17, 15) is 0 Å². The van der Waals surface area contributed by atoms with Gasteiger partial charge in [-0.3, -0.25) is 0 Å². The lowest BCUT2D eigenvalue weighted by molar-refractivity contribution is 0.794. The molecule has 2 aliphatic rings. The van der Waals surface area contributed by atoms with Gasteiger partial charge in [-0.2, -0.15) is 0 Å². The van der Waals surface area contributed by atoms with E-state index in [0.717, 1.165) is 24.9 Å². The van der Waals surface area contributed by atoms with Gasteiger partial charge in [0.2, 0.25) is 6.71 Å². The molecule has 0 aliphatic carbocycles. The molecule has 2 aromatic heterocycles. The van der Waals surface area contributed by atoms with Crippen molar-refractivity contribution in [3.63, 3.8) is 0 Å². The molecule has 14 rings (SSSR count). The minimum atomic E-state index is 0.0150. The quantitative estimate of drug-likeness (QED) is 0.141. The van der Waals surface area contributed by atoms with Gasteiger partial charge in [0, 0.05) is 65.2 Å². The topological polar surface area (TPSA) is 13.1 Å². The summed E-state index contributed by atoms with van der Waals surface area (Å²) < 4.78 is 4.94. The molecule has 0 fully saturated rings. The molecule has 2 aliphatic heterocycles. The van der Waals surface area contributed by atoms with E-state index >= 15 is 0 Å². The average Bonchev–Trinajstić information content (AvgIpc) is 3.93. The van der Waals surface area contributed by atoms with Crippen LogP contribution < -0.4 is 21.3 Å². The molecule has 0 N–H and O–H groups in total. The van der Waals surface area contributed by atoms with Crippen LogP contribution in [0.25, 0.3) is 77.2 Å². The van der Waals surface area contributed by atoms with Gasteiger partial charge in [0.25, 0.3) is 0 Å². The number of fused-ring (bicyclic) bond motifs is 10. The Morgan fingerprint density at radius 3 is 1.45 bits per heavy atom. The molecule has 12 aromatic rings. The summed E-state index contributed by atoms with van der Waals surface area (Å²) in [5.74, 6) is 0. The number of aryl methyl sites for hydroxylation is 1. The molecule has 4 heterocycles. The molecule has 0 unspecified atom stereocenters. The maximum Gasteiger partial charge on any atom is 0.249 e. The fourth-order valence-electron chi connectivity index (χ4n) is 11.7. The predicted octanol–water partition coefficient (Wildman–Crippen LogP) is 15.3. The van der Waals surface area contributed by atoms with Gasteiger partial charge in [0.15, 0.2) is 0 Å². The van der Waals surface area contributed by atoms with Gasteiger partial charge in [-0.25, -0.2) is 0 Å². The van der Waals surface area contributed by atoms with Gasteiger partial charge in [-0.1, -0.05) is 194 Å². The maximum atomic E-state index is 2.67. The fourth-order valence-corrected chi connectivity index (χ4v) is 13.0. The monoisotopic (exact) mass is 899 g/mol. The first-order valence-corrected chi connectivity index (χ1v) is 25.2. The third-order valence-corrected chi connectivity index (χ3v) is 15.9. The zero-order valence-electron chi connectivity index (χ0n) is 38.3. The third kappa shape index (κ3) is 6.23. The van der Waals surface area contributed by atoms with E-state index in [0.29, 0.717) is 0 Å². The minimum absolute atomic E-state index is 0.0150. The zero-order valence-corrected chi connectivity index (χ0v) is 39.1. The van der Waals surface area contributed by atoms with E-state index in [4.69, 9.17) is 0 Å². The van der Waals surface area contributed by atoms with Crippen LogP contribution in [0.15, 0.2) is 234 Å². The molecule has 0 atom stereocenters. The number of hydrogen-bond acceptors (Lipinski definition) is 2. The second-order valence-corrected chi connectivity index (χ2v) is 19.7. The number of para-hydroxylation sites is 5. The number of aromatic nitrogens is 2. The molecule has 3 nitrogen and oxygen atoms in total. The summed E-state index contributed by atoms with van der Waals surface area (Å²) in [6.07, 6.45) is 3.28. The van der Waals surface area contributed by atoms with Gasteiger partial charge in [0.1, 0.15) is 0 Å². The summed E-state index contributed by atoms with van der Waals surface area (Å²) in [5, 5.41) is 5.08. The Kier molecular flexibility index (Phi) is 9.35. The molecule has 0 radical (unpaired) electrons. The Balaban J connectivity index is 1.07. The summed E-state index contributed by atoms with van der Waals surface area (Å²) in [4.78, 5) is 5.32. The summed E-state index contributed by atoms with van der Waals surface area (Å²) in [7, 11) is 0. The van der Waals surface area contributed by atoms with Gasteiger partial charge in [0.05, 0.1) is 27.8 Å². The van der Waals surface area contributed by atoms with E-state index in [1.807, 2.05) is 11.8 Å². The van der Waals surface area contributed by atoms with E-state index in [1.165, 1.54) is 120 Å². The Hall–Kier alpha value is -7.99. The Morgan fingerprint density at radius 1 is 0.420 bits per heavy atom. The fraction of sp³-hybridized carbons (Fsp3) is 0.0625. The van der Waals surface area contributed by atoms with Crippen LogP contribution in [-0.2, 0) is 6.42 Å². The van der Waals surface area contributed by atoms with Crippen LogP contribution in [0.5, 0.6) is 0 Å². The molecular weight excluding hydrogens is 854 g/mol. The van der Waals surface area contributed by atoms with Gasteiger partial charge >= 0.3 is 0 Å². The molecular formula is C64H46BN3S. The molecule has 5 heteroatoms. The van der Waals surface area contributed by atoms with Crippen LogP contribution in [0.4, 0.5) is 17.1 Å². The Labute approximate surface area is 407 Å². The van der Waals surface area contributed by atoms with Crippen molar-refractivity contribution >= 4 is 95.5 Å². The SMILES string of the molecule is CCCCc1cc2c3c(c1)N(c1c(-c4ccccc4)cccc1-c1ccccc1)c1cc(-n4c5ccccc5c5ccccc54)ccc1B3c1ccc(-n3c4ccccc4c4ccccc43)cc1S2. The lowest BCUT2D eigenvalue weighted by Gasteiger charge is -2.42. The first-order chi connectivity index (χ1) is 34.2. The van der Waals surface area contributed by atoms with Crippen molar-refractivity contribution in [1.82, 2.24) is 9.13 Å². The zero-order chi connectivity index (χ0) is 45.6. The van der Waals surface area contributed by atoms with Gasteiger partial charge in [-0.15, -0.1) is 0 Å². The molecule has 10 aromatic carbocycles. The standard InChI is InChI=1S/C64H46BN3S/c1-2-3-19-42-38-60-63-62(39-42)69-61-41-46(67-57-32-16-12-26-51(57)52-27-13-17-33-58(52)67)35-37-54(61)65(63)53-36-34-45(66-55-30-14-10-24-49(55)50-25-11-15-31-56(50)66)40-59(53)68(60)64-47(43-20-6-4-7-21-43)28-18-29-48(64)44-22-8-5-9-23-44/h4-18,20-41H,2-3,19H2,1H3. The van der Waals surface area contributed by atoms with Crippen LogP contribution >= 0.6 is 11.8 Å². The van der Waals surface area contributed by atoms with Crippen molar-refractivity contribution in [1.29, 1.82) is 0 Å². The Bertz CT molecular complexity index is 3840. The van der Waals surface area contributed by atoms with Crippen molar-refractivity contribution in [2.45, 2.75) is 36.0 Å². The molecule has 0 saturated carbocycles. The smallest absolute Gasteiger partial charge is 0.249 e. The normalized spacial score (nSPS) is 12.8. The second-order valence-electron chi connectivity index (χ2n) is 18.6. The van der Waals surface area contributed by atoms with E-state index < -0.39 is 0 Å². The maximum absolute atomic E-state index is 2.67. The molecule has 0 saturated heterocycles. The van der Waals surface area contributed by atoms with Crippen molar-refractivity contribution in [2.24, 2.45) is 0 Å². The van der Waals surface area contributed by atoms with E-state index in [1.54, 1.807) is 0 Å². The predicted molar refractivity (Wildman–Crippen MR) is 295 cm³/mol. The molecule has 69 heavy (non-hydrogen) atoms. The van der Waals surface area contributed by atoms with Crippen molar-refractivity contribution in [3.8, 4) is 33.6 Å². The largest absolute Gasteiger partial charge is 0.310 e. The van der Waals surface area contributed by atoms with Crippen molar-refractivity contribution < 1.29 is 0 Å². The number of rotatable bonds is 8.